The summed E-state index contributed by atoms with van der Waals surface area (Å²) < 4.78 is 0. The van der Waals surface area contributed by atoms with Crippen molar-refractivity contribution in [3.05, 3.63) is 45.6 Å². The Bertz CT molecular complexity index is 677. The van der Waals surface area contributed by atoms with Gasteiger partial charge in [-0.2, -0.15) is 0 Å². The standard InChI is InChI=1S/C26H38/c1-17(2)25-21(15-19-9-5-7-11-23(19)25)13-14-22-16-20-10-6-8-12-24(20)26(22)18(3)4/h15-19,22H,5-14H2,1-4H3. The SMILES string of the molecule is CC(C)C1=C2CCCCC2C=C1CCC1C=C2CCCCC2=C1C(C)C. The highest BCUT2D eigenvalue weighted by atomic mass is 14.4. The summed E-state index contributed by atoms with van der Waals surface area (Å²) in [7, 11) is 0. The summed E-state index contributed by atoms with van der Waals surface area (Å²) in [5.74, 6) is 2.93. The minimum Gasteiger partial charge on any atom is -0.0738 e. The van der Waals surface area contributed by atoms with Crippen LogP contribution in [0.1, 0.15) is 91.9 Å². The lowest BCUT2D eigenvalue weighted by atomic mass is 9.82. The van der Waals surface area contributed by atoms with Crippen LogP contribution in [0.4, 0.5) is 0 Å². The smallest absolute Gasteiger partial charge is 0.000571 e. The van der Waals surface area contributed by atoms with E-state index in [1.807, 2.05) is 5.57 Å². The molecule has 4 aliphatic carbocycles. The Labute approximate surface area is 161 Å². The molecule has 2 atom stereocenters. The average molecular weight is 351 g/mol. The highest BCUT2D eigenvalue weighted by molar-refractivity contribution is 5.49. The Kier molecular flexibility index (Phi) is 5.31. The highest BCUT2D eigenvalue weighted by Gasteiger charge is 2.32. The van der Waals surface area contributed by atoms with Crippen molar-refractivity contribution < 1.29 is 0 Å². The van der Waals surface area contributed by atoms with Crippen LogP contribution in [0.15, 0.2) is 45.6 Å². The number of rotatable bonds is 5. The van der Waals surface area contributed by atoms with Gasteiger partial charge in [0, 0.05) is 0 Å². The first-order valence-electron chi connectivity index (χ1n) is 11.4. The van der Waals surface area contributed by atoms with Gasteiger partial charge in [0.15, 0.2) is 0 Å². The van der Waals surface area contributed by atoms with Crippen molar-refractivity contribution in [2.75, 3.05) is 0 Å². The van der Waals surface area contributed by atoms with Gasteiger partial charge < -0.3 is 0 Å². The quantitative estimate of drug-likeness (QED) is 0.472. The van der Waals surface area contributed by atoms with Gasteiger partial charge in [-0.1, -0.05) is 57.4 Å². The molecule has 0 aromatic carbocycles. The maximum absolute atomic E-state index is 2.68. The largest absolute Gasteiger partial charge is 0.0738 e. The second-order valence-corrected chi connectivity index (χ2v) is 9.77. The molecule has 0 saturated heterocycles. The molecule has 2 fully saturated rings. The lowest BCUT2D eigenvalue weighted by Gasteiger charge is -2.23. The first-order chi connectivity index (χ1) is 12.6. The summed E-state index contributed by atoms with van der Waals surface area (Å²) in [6, 6.07) is 0. The van der Waals surface area contributed by atoms with Crippen LogP contribution in [-0.2, 0) is 0 Å². The zero-order valence-electron chi connectivity index (χ0n) is 17.5. The van der Waals surface area contributed by atoms with Crippen molar-refractivity contribution in [3.63, 3.8) is 0 Å². The van der Waals surface area contributed by atoms with Crippen molar-refractivity contribution in [1.29, 1.82) is 0 Å². The number of allylic oxidation sites excluding steroid dienone is 8. The van der Waals surface area contributed by atoms with Crippen LogP contribution >= 0.6 is 0 Å². The molecular weight excluding hydrogens is 312 g/mol. The Balaban J connectivity index is 1.53. The Morgan fingerprint density at radius 3 is 2.42 bits per heavy atom. The van der Waals surface area contributed by atoms with Crippen LogP contribution in [0.25, 0.3) is 0 Å². The fourth-order valence-electron chi connectivity index (χ4n) is 6.38. The minimum absolute atomic E-state index is 0.701. The monoisotopic (exact) mass is 350 g/mol. The molecule has 0 aromatic heterocycles. The van der Waals surface area contributed by atoms with Crippen LogP contribution in [0.2, 0.25) is 0 Å². The number of fused-ring (bicyclic) bond motifs is 2. The third-order valence-electron chi connectivity index (χ3n) is 7.34. The van der Waals surface area contributed by atoms with Gasteiger partial charge in [-0.25, -0.2) is 0 Å². The van der Waals surface area contributed by atoms with Gasteiger partial charge in [0.2, 0.25) is 0 Å². The van der Waals surface area contributed by atoms with E-state index < -0.39 is 0 Å². The molecule has 4 aliphatic rings. The van der Waals surface area contributed by atoms with Gasteiger partial charge in [0.05, 0.1) is 0 Å². The van der Waals surface area contributed by atoms with E-state index in [9.17, 15) is 0 Å². The van der Waals surface area contributed by atoms with Crippen LogP contribution < -0.4 is 0 Å². The summed E-state index contributed by atoms with van der Waals surface area (Å²) in [4.78, 5) is 0. The third-order valence-corrected chi connectivity index (χ3v) is 7.34. The molecule has 4 rings (SSSR count). The van der Waals surface area contributed by atoms with Crippen molar-refractivity contribution in [3.8, 4) is 0 Å². The van der Waals surface area contributed by atoms with Crippen LogP contribution in [-0.4, -0.2) is 0 Å². The zero-order chi connectivity index (χ0) is 18.3. The fourth-order valence-corrected chi connectivity index (χ4v) is 6.38. The summed E-state index contributed by atoms with van der Waals surface area (Å²) in [6.07, 6.45) is 19.1. The molecule has 0 heterocycles. The molecule has 0 amide bonds. The van der Waals surface area contributed by atoms with Crippen molar-refractivity contribution in [1.82, 2.24) is 0 Å². The van der Waals surface area contributed by atoms with Gasteiger partial charge in [-0.3, -0.25) is 0 Å². The van der Waals surface area contributed by atoms with Gasteiger partial charge in [0.1, 0.15) is 0 Å². The molecule has 0 N–H and O–H groups in total. The number of hydrogen-bond acceptors (Lipinski definition) is 0. The van der Waals surface area contributed by atoms with Gasteiger partial charge in [-0.05, 0) is 104 Å². The maximum atomic E-state index is 2.68. The van der Waals surface area contributed by atoms with Crippen molar-refractivity contribution >= 4 is 0 Å². The molecule has 0 nitrogen and oxygen atoms in total. The minimum atomic E-state index is 0.701. The van der Waals surface area contributed by atoms with Crippen molar-refractivity contribution in [2.45, 2.75) is 91.9 Å². The fraction of sp³-hybridized carbons (Fsp3) is 0.692. The summed E-state index contributed by atoms with van der Waals surface area (Å²) in [5.41, 5.74) is 10.6. The molecule has 0 bridgehead atoms. The zero-order valence-corrected chi connectivity index (χ0v) is 17.5. The van der Waals surface area contributed by atoms with E-state index in [0.717, 1.165) is 11.8 Å². The molecule has 0 radical (unpaired) electrons. The van der Waals surface area contributed by atoms with Gasteiger partial charge in [-0.15, -0.1) is 0 Å². The molecule has 142 valence electrons. The molecule has 0 aliphatic heterocycles. The van der Waals surface area contributed by atoms with E-state index >= 15 is 0 Å². The second kappa shape index (κ2) is 7.53. The van der Waals surface area contributed by atoms with Crippen molar-refractivity contribution in [2.24, 2.45) is 23.7 Å². The molecule has 2 saturated carbocycles. The van der Waals surface area contributed by atoms with Crippen LogP contribution in [0, 0.1) is 23.7 Å². The first-order valence-corrected chi connectivity index (χ1v) is 11.4. The molecule has 26 heavy (non-hydrogen) atoms. The van der Waals surface area contributed by atoms with E-state index in [1.54, 1.807) is 27.9 Å². The van der Waals surface area contributed by atoms with E-state index in [-0.39, 0.29) is 0 Å². The van der Waals surface area contributed by atoms with E-state index in [0.29, 0.717) is 11.8 Å². The molecule has 0 heteroatoms. The first kappa shape index (κ1) is 18.3. The van der Waals surface area contributed by atoms with E-state index in [1.165, 1.54) is 64.2 Å². The van der Waals surface area contributed by atoms with E-state index in [2.05, 4.69) is 39.8 Å². The summed E-state index contributed by atoms with van der Waals surface area (Å²) in [5, 5.41) is 0. The number of hydrogen-bond donors (Lipinski definition) is 0. The Morgan fingerprint density at radius 1 is 0.885 bits per heavy atom. The predicted molar refractivity (Wildman–Crippen MR) is 113 cm³/mol. The third kappa shape index (κ3) is 3.30. The van der Waals surface area contributed by atoms with Crippen LogP contribution in [0.3, 0.4) is 0 Å². The van der Waals surface area contributed by atoms with E-state index in [4.69, 9.17) is 0 Å². The molecular formula is C26H38. The average Bonchev–Trinajstić information content (AvgIpc) is 3.17. The summed E-state index contributed by atoms with van der Waals surface area (Å²) >= 11 is 0. The van der Waals surface area contributed by atoms with Gasteiger partial charge in [0.25, 0.3) is 0 Å². The normalized spacial score (nSPS) is 28.7. The molecule has 0 aromatic rings. The second-order valence-electron chi connectivity index (χ2n) is 9.77. The molecule has 2 unspecified atom stereocenters. The predicted octanol–water partition coefficient (Wildman–Crippen LogP) is 7.93. The maximum Gasteiger partial charge on any atom is -0.000571 e. The Morgan fingerprint density at radius 2 is 1.65 bits per heavy atom. The lowest BCUT2D eigenvalue weighted by Crippen LogP contribution is -2.09. The molecule has 0 spiro atoms. The topological polar surface area (TPSA) is 0 Å². The summed E-state index contributed by atoms with van der Waals surface area (Å²) in [6.45, 7) is 9.68. The highest BCUT2D eigenvalue weighted by Crippen LogP contribution is 2.48. The van der Waals surface area contributed by atoms with Gasteiger partial charge >= 0.3 is 0 Å². The Hall–Kier alpha value is -1.04. The van der Waals surface area contributed by atoms with Crippen LogP contribution in [0.5, 0.6) is 0 Å². The lowest BCUT2D eigenvalue weighted by molar-refractivity contribution is 0.518.